The van der Waals surface area contributed by atoms with Crippen LogP contribution in [0, 0.1) is 12.8 Å². The molecule has 1 saturated carbocycles. The lowest BCUT2D eigenvalue weighted by molar-refractivity contribution is -0.119. The number of carbonyl (C=O) groups excluding carboxylic acids is 2. The van der Waals surface area contributed by atoms with Gasteiger partial charge in [0.05, 0.1) is 12.3 Å². The zero-order valence-corrected chi connectivity index (χ0v) is 19.7. The summed E-state index contributed by atoms with van der Waals surface area (Å²) >= 11 is 0. The minimum atomic E-state index is -0.628. The van der Waals surface area contributed by atoms with Crippen molar-refractivity contribution in [3.05, 3.63) is 53.6 Å². The second-order valence-electron chi connectivity index (χ2n) is 8.94. The van der Waals surface area contributed by atoms with Crippen LogP contribution < -0.4 is 10.6 Å². The Morgan fingerprint density at radius 2 is 1.85 bits per heavy atom. The van der Waals surface area contributed by atoms with Crippen LogP contribution in [0.3, 0.4) is 0 Å². The number of aryl methyl sites for hydroxylation is 2. The average Bonchev–Trinajstić information content (AvgIpc) is 3.32. The molecule has 1 fully saturated rings. The van der Waals surface area contributed by atoms with Crippen molar-refractivity contribution in [1.82, 2.24) is 25.3 Å². The van der Waals surface area contributed by atoms with Gasteiger partial charge >= 0.3 is 0 Å². The number of H-pyrrole nitrogens is 1. The van der Waals surface area contributed by atoms with E-state index < -0.39 is 6.04 Å². The van der Waals surface area contributed by atoms with Gasteiger partial charge < -0.3 is 15.7 Å². The first-order valence-electron chi connectivity index (χ1n) is 11.8. The van der Waals surface area contributed by atoms with Crippen LogP contribution >= 0.6 is 0 Å². The molecule has 2 amide bonds. The molecule has 34 heavy (non-hydrogen) atoms. The third-order valence-electron chi connectivity index (χ3n) is 6.61. The van der Waals surface area contributed by atoms with Crippen molar-refractivity contribution in [1.29, 1.82) is 0 Å². The van der Waals surface area contributed by atoms with E-state index in [0.29, 0.717) is 17.1 Å². The highest BCUT2D eigenvalue weighted by Crippen LogP contribution is 2.29. The van der Waals surface area contributed by atoms with E-state index >= 15 is 0 Å². The fourth-order valence-corrected chi connectivity index (χ4v) is 4.77. The summed E-state index contributed by atoms with van der Waals surface area (Å²) in [4.78, 5) is 26.3. The summed E-state index contributed by atoms with van der Waals surface area (Å²) in [6.07, 6.45) is 7.82. The maximum atomic E-state index is 13.4. The van der Waals surface area contributed by atoms with Gasteiger partial charge in [-0.2, -0.15) is 10.2 Å². The molecule has 2 heterocycles. The normalized spacial score (nSPS) is 15.5. The molecule has 1 aliphatic carbocycles. The first-order chi connectivity index (χ1) is 16.5. The number of aliphatic hydroxyl groups excluding tert-OH is 1. The van der Waals surface area contributed by atoms with Gasteiger partial charge in [0.1, 0.15) is 11.7 Å². The highest BCUT2D eigenvalue weighted by molar-refractivity contribution is 6.00. The van der Waals surface area contributed by atoms with Crippen LogP contribution in [0.15, 0.2) is 36.5 Å². The Hall–Kier alpha value is -3.46. The summed E-state index contributed by atoms with van der Waals surface area (Å²) in [5.74, 6) is -0.433. The van der Waals surface area contributed by atoms with Crippen molar-refractivity contribution in [3.63, 3.8) is 0 Å². The maximum absolute atomic E-state index is 13.4. The molecule has 0 spiro atoms. The van der Waals surface area contributed by atoms with Crippen LogP contribution in [-0.2, 0) is 18.4 Å². The number of amides is 2. The third kappa shape index (κ3) is 5.20. The molecular weight excluding hydrogens is 432 g/mol. The Morgan fingerprint density at radius 3 is 2.47 bits per heavy atom. The Bertz CT molecular complexity index is 1130. The Morgan fingerprint density at radius 1 is 1.15 bits per heavy atom. The Labute approximate surface area is 199 Å². The van der Waals surface area contributed by atoms with Crippen molar-refractivity contribution >= 4 is 17.5 Å². The largest absolute Gasteiger partial charge is 0.390 e. The minimum Gasteiger partial charge on any atom is -0.390 e. The van der Waals surface area contributed by atoms with Crippen molar-refractivity contribution in [2.75, 3.05) is 5.32 Å². The van der Waals surface area contributed by atoms with E-state index in [9.17, 15) is 14.7 Å². The number of aromatic nitrogens is 4. The highest BCUT2D eigenvalue weighted by atomic mass is 16.3. The molecule has 1 aromatic carbocycles. The van der Waals surface area contributed by atoms with E-state index in [0.717, 1.165) is 55.3 Å². The number of benzene rings is 1. The van der Waals surface area contributed by atoms with Crippen molar-refractivity contribution in [3.8, 4) is 11.1 Å². The van der Waals surface area contributed by atoms with Crippen LogP contribution in [0.1, 0.15) is 60.4 Å². The quantitative estimate of drug-likeness (QED) is 0.399. The van der Waals surface area contributed by atoms with Crippen LogP contribution in [0.2, 0.25) is 0 Å². The van der Waals surface area contributed by atoms with Gasteiger partial charge in [0, 0.05) is 30.2 Å². The molecule has 9 heteroatoms. The van der Waals surface area contributed by atoms with E-state index in [1.807, 2.05) is 31.2 Å². The zero-order chi connectivity index (χ0) is 24.1. The second-order valence-corrected chi connectivity index (χ2v) is 8.94. The van der Waals surface area contributed by atoms with E-state index in [1.54, 1.807) is 19.3 Å². The van der Waals surface area contributed by atoms with Gasteiger partial charge in [-0.3, -0.25) is 19.4 Å². The number of nitrogens with zero attached hydrogens (tertiary/aromatic N) is 3. The molecule has 1 atom stereocenters. The van der Waals surface area contributed by atoms with Crippen molar-refractivity contribution in [2.45, 2.75) is 58.1 Å². The second kappa shape index (κ2) is 10.6. The van der Waals surface area contributed by atoms with E-state index in [2.05, 4.69) is 25.9 Å². The molecule has 0 saturated heterocycles. The van der Waals surface area contributed by atoms with E-state index in [1.165, 1.54) is 4.68 Å². The van der Waals surface area contributed by atoms with Crippen molar-refractivity contribution < 1.29 is 14.7 Å². The standard InChI is InChI=1S/C25H32N6O3/c1-16-22(20(15-32)30-29-16)17-9-11-19(12-10-17)27-25(34)23(18-7-5-3-4-6-8-18)28-24(33)21-13-14-26-31(21)2/h9-14,18,23,32H,3-8,15H2,1-2H3,(H,27,34)(H,28,33)(H,29,30)/t23-/m0/s1. The lowest BCUT2D eigenvalue weighted by atomic mass is 9.91. The fourth-order valence-electron chi connectivity index (χ4n) is 4.77. The number of rotatable bonds is 7. The molecule has 0 unspecified atom stereocenters. The van der Waals surface area contributed by atoms with Gasteiger partial charge in [0.25, 0.3) is 5.91 Å². The molecule has 0 aliphatic heterocycles. The molecular formula is C25H32N6O3. The average molecular weight is 465 g/mol. The van der Waals surface area contributed by atoms with E-state index in [-0.39, 0.29) is 24.3 Å². The van der Waals surface area contributed by atoms with Gasteiger partial charge in [-0.1, -0.05) is 37.8 Å². The lowest BCUT2D eigenvalue weighted by Crippen LogP contribution is -2.48. The highest BCUT2D eigenvalue weighted by Gasteiger charge is 2.31. The molecule has 1 aliphatic rings. The number of hydrogen-bond donors (Lipinski definition) is 4. The van der Waals surface area contributed by atoms with Crippen LogP contribution in [0.5, 0.6) is 0 Å². The Kier molecular flexibility index (Phi) is 7.42. The molecule has 180 valence electrons. The summed E-state index contributed by atoms with van der Waals surface area (Å²) in [5, 5.41) is 26.6. The summed E-state index contributed by atoms with van der Waals surface area (Å²) in [6.45, 7) is 1.75. The SMILES string of the molecule is Cc1[nH]nc(CO)c1-c1ccc(NC(=O)[C@@H](NC(=O)c2ccnn2C)C2CCCCCC2)cc1. The van der Waals surface area contributed by atoms with Crippen LogP contribution in [0.4, 0.5) is 5.69 Å². The monoisotopic (exact) mass is 464 g/mol. The molecule has 0 radical (unpaired) electrons. The number of aliphatic hydroxyl groups is 1. The third-order valence-corrected chi connectivity index (χ3v) is 6.61. The first-order valence-corrected chi connectivity index (χ1v) is 11.8. The number of nitrogens with one attached hydrogen (secondary N) is 3. The first kappa shape index (κ1) is 23.7. The molecule has 9 nitrogen and oxygen atoms in total. The van der Waals surface area contributed by atoms with Gasteiger partial charge in [-0.25, -0.2) is 0 Å². The van der Waals surface area contributed by atoms with Gasteiger partial charge in [0.15, 0.2) is 0 Å². The Balaban J connectivity index is 1.52. The van der Waals surface area contributed by atoms with Crippen LogP contribution in [0.25, 0.3) is 11.1 Å². The lowest BCUT2D eigenvalue weighted by Gasteiger charge is -2.26. The van der Waals surface area contributed by atoms with Gasteiger partial charge in [-0.15, -0.1) is 0 Å². The van der Waals surface area contributed by atoms with Crippen LogP contribution in [-0.4, -0.2) is 42.9 Å². The fraction of sp³-hybridized carbons (Fsp3) is 0.440. The predicted octanol–water partition coefficient (Wildman–Crippen LogP) is 3.32. The smallest absolute Gasteiger partial charge is 0.270 e. The summed E-state index contributed by atoms with van der Waals surface area (Å²) < 4.78 is 1.51. The van der Waals surface area contributed by atoms with Gasteiger partial charge in [-0.05, 0) is 49.4 Å². The molecule has 2 aromatic heterocycles. The maximum Gasteiger partial charge on any atom is 0.270 e. The molecule has 3 aromatic rings. The van der Waals surface area contributed by atoms with Gasteiger partial charge in [0.2, 0.25) is 5.91 Å². The summed E-state index contributed by atoms with van der Waals surface area (Å²) in [6, 6.07) is 8.46. The summed E-state index contributed by atoms with van der Waals surface area (Å²) in [7, 11) is 1.71. The minimum absolute atomic E-state index is 0.0830. The zero-order valence-electron chi connectivity index (χ0n) is 19.7. The molecule has 4 rings (SSSR count). The number of carbonyl (C=O) groups is 2. The van der Waals surface area contributed by atoms with E-state index in [4.69, 9.17) is 0 Å². The summed E-state index contributed by atoms with van der Waals surface area (Å²) in [5.41, 5.74) is 4.28. The number of aromatic amines is 1. The number of hydrogen-bond acceptors (Lipinski definition) is 5. The predicted molar refractivity (Wildman–Crippen MR) is 129 cm³/mol. The number of anilines is 1. The topological polar surface area (TPSA) is 125 Å². The van der Waals surface area contributed by atoms with Crippen molar-refractivity contribution in [2.24, 2.45) is 13.0 Å². The molecule has 0 bridgehead atoms. The molecule has 4 N–H and O–H groups in total.